The predicted molar refractivity (Wildman–Crippen MR) is 100 cm³/mol. The molecule has 8 heteroatoms. The van der Waals surface area contributed by atoms with Crippen LogP contribution in [0.15, 0.2) is 54.6 Å². The fraction of sp³-hybridized carbons (Fsp3) is 0.211. The molecule has 1 aliphatic heterocycles. The molecule has 1 saturated heterocycles. The molecule has 0 bridgehead atoms. The fourth-order valence-electron chi connectivity index (χ4n) is 3.05. The minimum Gasteiger partial charge on any atom is -0.480 e. The number of halogens is 1. The van der Waals surface area contributed by atoms with Gasteiger partial charge in [0, 0.05) is 10.7 Å². The first-order valence-electron chi connectivity index (χ1n) is 8.35. The summed E-state index contributed by atoms with van der Waals surface area (Å²) in [5.41, 5.74) is 1.27. The molecule has 4 N–H and O–H groups in total. The molecule has 2 aromatic rings. The summed E-state index contributed by atoms with van der Waals surface area (Å²) in [5.74, 6) is -2.66. The molecule has 1 aliphatic rings. The first-order chi connectivity index (χ1) is 12.9. The van der Waals surface area contributed by atoms with E-state index >= 15 is 0 Å². The highest BCUT2D eigenvalue weighted by Crippen LogP contribution is 2.27. The zero-order valence-corrected chi connectivity index (χ0v) is 14.9. The Balaban J connectivity index is 1.69. The second-order valence-electron chi connectivity index (χ2n) is 6.22. The summed E-state index contributed by atoms with van der Waals surface area (Å²) in [6, 6.07) is 13.8. The number of aliphatic carboxylic acids is 1. The summed E-state index contributed by atoms with van der Waals surface area (Å²) in [4.78, 5) is 35.8. The number of carbonyl (C=O) groups excluding carboxylic acids is 2. The molecule has 27 heavy (non-hydrogen) atoms. The van der Waals surface area contributed by atoms with Gasteiger partial charge in [-0.1, -0.05) is 41.9 Å². The molecule has 0 aromatic heterocycles. The lowest BCUT2D eigenvalue weighted by Gasteiger charge is -2.21. The number of carbonyl (C=O) groups is 3. The third-order valence-corrected chi connectivity index (χ3v) is 4.61. The largest absolute Gasteiger partial charge is 0.480 e. The zero-order chi connectivity index (χ0) is 19.4. The van der Waals surface area contributed by atoms with E-state index < -0.39 is 35.9 Å². The molecule has 3 rings (SSSR count). The SMILES string of the molecule is O=C(Nc1ccc(Cl)cc1)C(=O)N[C@@H]1C[C@@H](C(=O)O)N[C@H]1c1ccccc1. The van der Waals surface area contributed by atoms with Crippen molar-refractivity contribution in [2.45, 2.75) is 24.5 Å². The van der Waals surface area contributed by atoms with Gasteiger partial charge in [0.15, 0.2) is 0 Å². The third-order valence-electron chi connectivity index (χ3n) is 4.35. The molecule has 0 spiro atoms. The molecule has 0 aliphatic carbocycles. The van der Waals surface area contributed by atoms with Crippen molar-refractivity contribution in [3.8, 4) is 0 Å². The van der Waals surface area contributed by atoms with Crippen molar-refractivity contribution in [3.63, 3.8) is 0 Å². The van der Waals surface area contributed by atoms with E-state index in [2.05, 4.69) is 16.0 Å². The smallest absolute Gasteiger partial charge is 0.320 e. The molecule has 1 fully saturated rings. The minimum atomic E-state index is -1.00. The van der Waals surface area contributed by atoms with E-state index in [4.69, 9.17) is 11.6 Å². The highest BCUT2D eigenvalue weighted by Gasteiger charge is 2.39. The average molecular weight is 388 g/mol. The lowest BCUT2D eigenvalue weighted by molar-refractivity contribution is -0.139. The maximum absolute atomic E-state index is 12.3. The van der Waals surface area contributed by atoms with Crippen LogP contribution >= 0.6 is 11.6 Å². The van der Waals surface area contributed by atoms with Crippen LogP contribution in [0.2, 0.25) is 5.02 Å². The van der Waals surface area contributed by atoms with Crippen LogP contribution in [0, 0.1) is 0 Å². The van der Waals surface area contributed by atoms with Crippen LogP contribution in [0.1, 0.15) is 18.0 Å². The summed E-state index contributed by atoms with van der Waals surface area (Å²) in [7, 11) is 0. The maximum Gasteiger partial charge on any atom is 0.320 e. The normalized spacial score (nSPS) is 21.4. The Hall–Kier alpha value is -2.90. The highest BCUT2D eigenvalue weighted by molar-refractivity contribution is 6.39. The van der Waals surface area contributed by atoms with Crippen LogP contribution in [-0.4, -0.2) is 35.0 Å². The van der Waals surface area contributed by atoms with Gasteiger partial charge in [0.05, 0.1) is 12.1 Å². The molecule has 0 radical (unpaired) electrons. The van der Waals surface area contributed by atoms with Gasteiger partial charge in [-0.2, -0.15) is 0 Å². The van der Waals surface area contributed by atoms with Crippen molar-refractivity contribution in [3.05, 3.63) is 65.2 Å². The quantitative estimate of drug-likeness (QED) is 0.600. The molecule has 3 atom stereocenters. The van der Waals surface area contributed by atoms with E-state index in [1.54, 1.807) is 24.3 Å². The highest BCUT2D eigenvalue weighted by atomic mass is 35.5. The number of rotatable bonds is 4. The topological polar surface area (TPSA) is 108 Å². The van der Waals surface area contributed by atoms with E-state index in [-0.39, 0.29) is 6.42 Å². The lowest BCUT2D eigenvalue weighted by atomic mass is 10.00. The molecule has 2 aromatic carbocycles. The minimum absolute atomic E-state index is 0.175. The molecular formula is C19H18ClN3O4. The van der Waals surface area contributed by atoms with Gasteiger partial charge in [-0.3, -0.25) is 19.7 Å². The monoisotopic (exact) mass is 387 g/mol. The number of hydrogen-bond acceptors (Lipinski definition) is 4. The number of benzene rings is 2. The van der Waals surface area contributed by atoms with Crippen LogP contribution in [0.4, 0.5) is 5.69 Å². The van der Waals surface area contributed by atoms with Gasteiger partial charge in [0.25, 0.3) is 0 Å². The van der Waals surface area contributed by atoms with Crippen LogP contribution in [0.5, 0.6) is 0 Å². The Labute approximate surface area is 160 Å². The van der Waals surface area contributed by atoms with Crippen molar-refractivity contribution >= 4 is 35.1 Å². The van der Waals surface area contributed by atoms with Crippen molar-refractivity contribution in [1.82, 2.24) is 10.6 Å². The number of nitrogens with one attached hydrogen (secondary N) is 3. The molecule has 0 saturated carbocycles. The third kappa shape index (κ3) is 4.64. The first-order valence-corrected chi connectivity index (χ1v) is 8.73. The van der Waals surface area contributed by atoms with Crippen LogP contribution in [-0.2, 0) is 14.4 Å². The molecule has 0 unspecified atom stereocenters. The number of carboxylic acids is 1. The Kier molecular flexibility index (Phi) is 5.73. The fourth-order valence-corrected chi connectivity index (χ4v) is 3.18. The van der Waals surface area contributed by atoms with Crippen LogP contribution in [0.3, 0.4) is 0 Å². The number of hydrogen-bond donors (Lipinski definition) is 4. The molecular weight excluding hydrogens is 370 g/mol. The van der Waals surface area contributed by atoms with E-state index in [1.165, 1.54) is 0 Å². The summed E-state index contributed by atoms with van der Waals surface area (Å²) in [6.45, 7) is 0. The van der Waals surface area contributed by atoms with Crippen molar-refractivity contribution in [1.29, 1.82) is 0 Å². The van der Waals surface area contributed by atoms with Crippen LogP contribution in [0.25, 0.3) is 0 Å². The molecule has 2 amide bonds. The number of anilines is 1. The maximum atomic E-state index is 12.3. The zero-order valence-electron chi connectivity index (χ0n) is 14.2. The van der Waals surface area contributed by atoms with Crippen molar-refractivity contribution in [2.75, 3.05) is 5.32 Å². The van der Waals surface area contributed by atoms with Crippen molar-refractivity contribution in [2.24, 2.45) is 0 Å². The van der Waals surface area contributed by atoms with Gasteiger partial charge in [0.2, 0.25) is 0 Å². The van der Waals surface area contributed by atoms with E-state index in [1.807, 2.05) is 30.3 Å². The van der Waals surface area contributed by atoms with Gasteiger partial charge in [-0.15, -0.1) is 0 Å². The Morgan fingerprint density at radius 3 is 2.30 bits per heavy atom. The summed E-state index contributed by atoms with van der Waals surface area (Å²) < 4.78 is 0. The number of carboxylic acid groups (broad SMARTS) is 1. The van der Waals surface area contributed by atoms with Gasteiger partial charge in [-0.25, -0.2) is 0 Å². The average Bonchev–Trinajstić information content (AvgIpc) is 3.08. The van der Waals surface area contributed by atoms with E-state index in [9.17, 15) is 19.5 Å². The predicted octanol–water partition coefficient (Wildman–Crippen LogP) is 1.95. The van der Waals surface area contributed by atoms with Crippen LogP contribution < -0.4 is 16.0 Å². The van der Waals surface area contributed by atoms with E-state index in [0.29, 0.717) is 10.7 Å². The molecule has 7 nitrogen and oxygen atoms in total. The van der Waals surface area contributed by atoms with Gasteiger partial charge >= 0.3 is 17.8 Å². The lowest BCUT2D eigenvalue weighted by Crippen LogP contribution is -2.44. The van der Waals surface area contributed by atoms with Gasteiger partial charge < -0.3 is 15.7 Å². The van der Waals surface area contributed by atoms with Gasteiger partial charge in [-0.05, 0) is 36.2 Å². The van der Waals surface area contributed by atoms with E-state index in [0.717, 1.165) is 5.56 Å². The summed E-state index contributed by atoms with van der Waals surface area (Å²) in [5, 5.41) is 17.9. The number of amides is 2. The summed E-state index contributed by atoms with van der Waals surface area (Å²) >= 11 is 5.79. The van der Waals surface area contributed by atoms with Crippen molar-refractivity contribution < 1.29 is 19.5 Å². The molecule has 1 heterocycles. The Morgan fingerprint density at radius 1 is 1.00 bits per heavy atom. The standard InChI is InChI=1S/C19H18ClN3O4/c20-12-6-8-13(9-7-12)21-17(24)18(25)23-14-10-15(19(26)27)22-16(14)11-4-2-1-3-5-11/h1-9,14-16,22H,10H2,(H,21,24)(H,23,25)(H,26,27)/t14-,15+,16+/m1/s1. The Bertz CT molecular complexity index is 842. The molecule has 140 valence electrons. The Morgan fingerprint density at radius 2 is 1.67 bits per heavy atom. The first kappa shape index (κ1) is 18.9. The van der Waals surface area contributed by atoms with Gasteiger partial charge in [0.1, 0.15) is 6.04 Å². The second-order valence-corrected chi connectivity index (χ2v) is 6.66. The second kappa shape index (κ2) is 8.20. The summed E-state index contributed by atoms with van der Waals surface area (Å²) in [6.07, 6.45) is 0.175.